The van der Waals surface area contributed by atoms with Crippen molar-refractivity contribution in [2.24, 2.45) is 0 Å². The Morgan fingerprint density at radius 1 is 1.25 bits per heavy atom. The predicted octanol–water partition coefficient (Wildman–Crippen LogP) is 4.48. The van der Waals surface area contributed by atoms with Crippen LogP contribution in [0.2, 0.25) is 5.02 Å². The summed E-state index contributed by atoms with van der Waals surface area (Å²) in [6, 6.07) is 12.5. The summed E-state index contributed by atoms with van der Waals surface area (Å²) in [7, 11) is 0. The van der Waals surface area contributed by atoms with Crippen LogP contribution in [0.5, 0.6) is 0 Å². The molecule has 0 saturated heterocycles. The van der Waals surface area contributed by atoms with Crippen LogP contribution in [0, 0.1) is 6.92 Å². The van der Waals surface area contributed by atoms with E-state index in [0.717, 1.165) is 14.9 Å². The summed E-state index contributed by atoms with van der Waals surface area (Å²) in [5.41, 5.74) is 2.61. The number of aryl methyl sites for hydroxylation is 1. The maximum Gasteiger partial charge on any atom is 0.257 e. The molecule has 10 heteroatoms. The molecule has 28 heavy (non-hydrogen) atoms. The van der Waals surface area contributed by atoms with Crippen LogP contribution in [-0.2, 0) is 0 Å². The van der Waals surface area contributed by atoms with Gasteiger partial charge in [0.25, 0.3) is 5.91 Å². The molecule has 0 atom stereocenters. The van der Waals surface area contributed by atoms with Crippen molar-refractivity contribution >= 4 is 46.3 Å². The summed E-state index contributed by atoms with van der Waals surface area (Å²) >= 11 is 9.47. The van der Waals surface area contributed by atoms with Crippen molar-refractivity contribution in [2.45, 2.75) is 16.2 Å². The second-order valence-corrected chi connectivity index (χ2v) is 8.28. The van der Waals surface area contributed by atoms with Crippen molar-refractivity contribution in [3.05, 3.63) is 70.5 Å². The monoisotopic (exact) mass is 428 g/mol. The van der Waals surface area contributed by atoms with Gasteiger partial charge in [-0.25, -0.2) is 4.98 Å². The number of thiazole rings is 1. The minimum atomic E-state index is -0.280. The summed E-state index contributed by atoms with van der Waals surface area (Å²) < 4.78 is 2.36. The van der Waals surface area contributed by atoms with Crippen molar-refractivity contribution in [3.63, 3.8) is 0 Å². The highest BCUT2D eigenvalue weighted by molar-refractivity contribution is 8.01. The van der Waals surface area contributed by atoms with Gasteiger partial charge in [-0.3, -0.25) is 4.79 Å². The number of amides is 1. The third kappa shape index (κ3) is 4.06. The Morgan fingerprint density at radius 2 is 2.11 bits per heavy atom. The van der Waals surface area contributed by atoms with E-state index in [1.165, 1.54) is 22.8 Å². The smallest absolute Gasteiger partial charge is 0.257 e. The maximum atomic E-state index is 12.8. The number of para-hydroxylation sites is 1. The standard InChI is InChI=1S/C18H13ClN6OS2/c1-11-9-27-18(21-11)28-16-7-6-12(8-14(16)19)22-17(26)13-4-2-3-5-15(13)25-10-20-23-24-25/h2-10H,1H3,(H,22,26). The van der Waals surface area contributed by atoms with Gasteiger partial charge < -0.3 is 5.32 Å². The van der Waals surface area contributed by atoms with E-state index in [1.807, 2.05) is 30.5 Å². The molecule has 1 N–H and O–H groups in total. The number of halogens is 1. The molecule has 2 heterocycles. The van der Waals surface area contributed by atoms with E-state index >= 15 is 0 Å². The molecular weight excluding hydrogens is 416 g/mol. The Bertz CT molecular complexity index is 1130. The zero-order valence-electron chi connectivity index (χ0n) is 14.5. The molecule has 4 rings (SSSR count). The minimum Gasteiger partial charge on any atom is -0.322 e. The molecule has 140 valence electrons. The number of nitrogens with one attached hydrogen (secondary N) is 1. The average Bonchev–Trinajstić information content (AvgIpc) is 3.36. The van der Waals surface area contributed by atoms with Crippen LogP contribution in [0.1, 0.15) is 16.1 Å². The van der Waals surface area contributed by atoms with E-state index in [9.17, 15) is 4.79 Å². The van der Waals surface area contributed by atoms with Gasteiger partial charge in [0.2, 0.25) is 0 Å². The Balaban J connectivity index is 1.53. The van der Waals surface area contributed by atoms with Gasteiger partial charge in [0.1, 0.15) is 6.33 Å². The lowest BCUT2D eigenvalue weighted by molar-refractivity contribution is 0.102. The molecule has 2 aromatic carbocycles. The Kier molecular flexibility index (Phi) is 5.38. The summed E-state index contributed by atoms with van der Waals surface area (Å²) in [4.78, 5) is 18.1. The number of carbonyl (C=O) groups excluding carboxylic acids is 1. The fraction of sp³-hybridized carbons (Fsp3) is 0.0556. The van der Waals surface area contributed by atoms with Crippen molar-refractivity contribution < 1.29 is 4.79 Å². The molecule has 0 saturated carbocycles. The molecule has 7 nitrogen and oxygen atoms in total. The van der Waals surface area contributed by atoms with E-state index in [-0.39, 0.29) is 5.91 Å². The number of aromatic nitrogens is 5. The second-order valence-electron chi connectivity index (χ2n) is 5.73. The van der Waals surface area contributed by atoms with Crippen molar-refractivity contribution in [2.75, 3.05) is 5.32 Å². The molecule has 0 radical (unpaired) electrons. The van der Waals surface area contributed by atoms with E-state index in [2.05, 4.69) is 25.8 Å². The molecule has 1 amide bonds. The summed E-state index contributed by atoms with van der Waals surface area (Å²) in [5, 5.41) is 16.5. The van der Waals surface area contributed by atoms with Crippen LogP contribution in [-0.4, -0.2) is 31.1 Å². The van der Waals surface area contributed by atoms with E-state index in [1.54, 1.807) is 35.6 Å². The lowest BCUT2D eigenvalue weighted by atomic mass is 10.1. The number of anilines is 1. The topological polar surface area (TPSA) is 85.6 Å². The van der Waals surface area contributed by atoms with Gasteiger partial charge in [0.15, 0.2) is 4.34 Å². The Hall–Kier alpha value is -2.75. The normalized spacial score (nSPS) is 10.8. The second kappa shape index (κ2) is 8.09. The number of rotatable bonds is 5. The highest BCUT2D eigenvalue weighted by Crippen LogP contribution is 2.36. The summed E-state index contributed by atoms with van der Waals surface area (Å²) in [5.74, 6) is -0.280. The van der Waals surface area contributed by atoms with Gasteiger partial charge in [-0.1, -0.05) is 35.5 Å². The van der Waals surface area contributed by atoms with E-state index < -0.39 is 0 Å². The van der Waals surface area contributed by atoms with Crippen LogP contribution in [0.4, 0.5) is 5.69 Å². The predicted molar refractivity (Wildman–Crippen MR) is 110 cm³/mol. The molecule has 0 fully saturated rings. The van der Waals surface area contributed by atoms with Crippen molar-refractivity contribution in [1.29, 1.82) is 0 Å². The lowest BCUT2D eigenvalue weighted by Gasteiger charge is -2.10. The highest BCUT2D eigenvalue weighted by atomic mass is 35.5. The molecular formula is C18H13ClN6OS2. The molecule has 2 aromatic heterocycles. The van der Waals surface area contributed by atoms with Crippen molar-refractivity contribution in [1.82, 2.24) is 25.2 Å². The molecule has 4 aromatic rings. The number of carbonyl (C=O) groups is 1. The van der Waals surface area contributed by atoms with Gasteiger partial charge in [-0.2, -0.15) is 4.68 Å². The van der Waals surface area contributed by atoms with Crippen LogP contribution in [0.3, 0.4) is 0 Å². The largest absolute Gasteiger partial charge is 0.322 e. The first-order valence-electron chi connectivity index (χ1n) is 8.13. The Labute approximate surface area is 173 Å². The molecule has 0 bridgehead atoms. The minimum absolute atomic E-state index is 0.280. The van der Waals surface area contributed by atoms with E-state index in [4.69, 9.17) is 11.6 Å². The van der Waals surface area contributed by atoms with Gasteiger partial charge >= 0.3 is 0 Å². The highest BCUT2D eigenvalue weighted by Gasteiger charge is 2.14. The third-order valence-electron chi connectivity index (χ3n) is 3.73. The van der Waals surface area contributed by atoms with Crippen LogP contribution in [0.15, 0.2) is 63.4 Å². The number of hydrogen-bond acceptors (Lipinski definition) is 7. The zero-order valence-corrected chi connectivity index (χ0v) is 16.9. The maximum absolute atomic E-state index is 12.8. The molecule has 0 aliphatic rings. The van der Waals surface area contributed by atoms with Crippen molar-refractivity contribution in [3.8, 4) is 5.69 Å². The van der Waals surface area contributed by atoms with Gasteiger partial charge in [-0.15, -0.1) is 16.4 Å². The Morgan fingerprint density at radius 3 is 2.82 bits per heavy atom. The van der Waals surface area contributed by atoms with Crippen LogP contribution in [0.25, 0.3) is 5.69 Å². The van der Waals surface area contributed by atoms with Gasteiger partial charge in [0.05, 0.1) is 16.3 Å². The number of hydrogen-bond donors (Lipinski definition) is 1. The molecule has 0 spiro atoms. The summed E-state index contributed by atoms with van der Waals surface area (Å²) in [6.45, 7) is 1.95. The average molecular weight is 429 g/mol. The van der Waals surface area contributed by atoms with Gasteiger partial charge in [0, 0.05) is 21.7 Å². The quantitative estimate of drug-likeness (QED) is 0.504. The lowest BCUT2D eigenvalue weighted by Crippen LogP contribution is -2.15. The van der Waals surface area contributed by atoms with Crippen LogP contribution < -0.4 is 5.32 Å². The SMILES string of the molecule is Cc1csc(Sc2ccc(NC(=O)c3ccccc3-n3cnnn3)cc2Cl)n1. The third-order valence-corrected chi connectivity index (χ3v) is 6.29. The first-order valence-corrected chi connectivity index (χ1v) is 10.2. The fourth-order valence-corrected chi connectivity index (χ4v) is 4.56. The number of tetrazole rings is 1. The zero-order chi connectivity index (χ0) is 19.5. The molecule has 0 unspecified atom stereocenters. The first kappa shape index (κ1) is 18.6. The number of nitrogens with zero attached hydrogens (tertiary/aromatic N) is 5. The fourth-order valence-electron chi connectivity index (χ4n) is 2.47. The number of benzene rings is 2. The molecule has 0 aliphatic carbocycles. The first-order chi connectivity index (χ1) is 13.6. The van der Waals surface area contributed by atoms with E-state index in [0.29, 0.717) is 22.0 Å². The summed E-state index contributed by atoms with van der Waals surface area (Å²) in [6.07, 6.45) is 1.44. The van der Waals surface area contributed by atoms with Crippen LogP contribution >= 0.6 is 34.7 Å². The van der Waals surface area contributed by atoms with Gasteiger partial charge in [-0.05, 0) is 47.7 Å². The molecule has 0 aliphatic heterocycles.